The molecule has 1 aliphatic heterocycles. The first-order valence-corrected chi connectivity index (χ1v) is 11.0. The van der Waals surface area contributed by atoms with E-state index in [0.717, 1.165) is 21.8 Å². The van der Waals surface area contributed by atoms with Crippen molar-refractivity contribution in [2.45, 2.75) is 37.1 Å². The average molecular weight is 422 g/mol. The van der Waals surface area contributed by atoms with Crippen molar-refractivity contribution in [2.24, 2.45) is 0 Å². The molecule has 4 heterocycles. The van der Waals surface area contributed by atoms with Gasteiger partial charge < -0.3 is 9.84 Å². The van der Waals surface area contributed by atoms with Gasteiger partial charge in [-0.3, -0.25) is 9.89 Å². The summed E-state index contributed by atoms with van der Waals surface area (Å²) in [4.78, 5) is 13.0. The van der Waals surface area contributed by atoms with Gasteiger partial charge in [0.15, 0.2) is 5.69 Å². The van der Waals surface area contributed by atoms with Crippen molar-refractivity contribution >= 4 is 27.3 Å². The molecular formula is C17H19N5O4S2. The van der Waals surface area contributed by atoms with E-state index in [1.807, 2.05) is 13.8 Å². The molecule has 148 valence electrons. The summed E-state index contributed by atoms with van der Waals surface area (Å²) in [5.41, 5.74) is 2.36. The highest BCUT2D eigenvalue weighted by Gasteiger charge is 2.33. The SMILES string of the molecule is CC(C)NC(=O)c1n[nH]c2c1CCN(S(=O)(=O)c1ccc(-c3ccon3)s1)C2. The highest BCUT2D eigenvalue weighted by molar-refractivity contribution is 7.91. The van der Waals surface area contributed by atoms with Crippen LogP contribution in [0.25, 0.3) is 10.6 Å². The van der Waals surface area contributed by atoms with Crippen LogP contribution >= 0.6 is 11.3 Å². The number of amides is 1. The second-order valence-electron chi connectivity index (χ2n) is 6.75. The molecule has 28 heavy (non-hydrogen) atoms. The number of carbonyl (C=O) groups is 1. The minimum absolute atomic E-state index is 0.00180. The van der Waals surface area contributed by atoms with Crippen molar-refractivity contribution < 1.29 is 17.7 Å². The molecule has 0 fully saturated rings. The van der Waals surface area contributed by atoms with E-state index in [2.05, 4.69) is 20.7 Å². The van der Waals surface area contributed by atoms with Gasteiger partial charge in [0.25, 0.3) is 15.9 Å². The lowest BCUT2D eigenvalue weighted by Gasteiger charge is -2.25. The van der Waals surface area contributed by atoms with E-state index in [-0.39, 0.29) is 29.2 Å². The number of aromatic amines is 1. The molecule has 0 aliphatic carbocycles. The molecule has 0 bridgehead atoms. The Kier molecular flexibility index (Phi) is 4.81. The van der Waals surface area contributed by atoms with Crippen molar-refractivity contribution in [2.75, 3.05) is 6.54 Å². The van der Waals surface area contributed by atoms with Crippen molar-refractivity contribution in [1.82, 2.24) is 25.0 Å². The number of aromatic nitrogens is 3. The minimum Gasteiger partial charge on any atom is -0.364 e. The summed E-state index contributed by atoms with van der Waals surface area (Å²) in [5.74, 6) is -0.251. The summed E-state index contributed by atoms with van der Waals surface area (Å²) in [5, 5.41) is 13.6. The molecule has 9 nitrogen and oxygen atoms in total. The Bertz CT molecular complexity index is 1100. The highest BCUT2D eigenvalue weighted by Crippen LogP contribution is 2.33. The average Bonchev–Trinajstić information content (AvgIpc) is 3.38. The smallest absolute Gasteiger partial charge is 0.272 e. The van der Waals surface area contributed by atoms with Crippen LogP contribution in [0.3, 0.4) is 0 Å². The molecule has 1 aliphatic rings. The third-order valence-electron chi connectivity index (χ3n) is 4.40. The molecule has 0 radical (unpaired) electrons. The second-order valence-corrected chi connectivity index (χ2v) is 10.00. The van der Waals surface area contributed by atoms with Crippen LogP contribution in [0.2, 0.25) is 0 Å². The molecule has 0 saturated heterocycles. The van der Waals surface area contributed by atoms with Gasteiger partial charge in [0.2, 0.25) is 0 Å². The number of rotatable bonds is 5. The maximum absolute atomic E-state index is 13.0. The number of sulfonamides is 1. The number of carbonyl (C=O) groups excluding carboxylic acids is 1. The lowest BCUT2D eigenvalue weighted by atomic mass is 10.1. The molecule has 11 heteroatoms. The van der Waals surface area contributed by atoms with Gasteiger partial charge in [-0.1, -0.05) is 5.16 Å². The third kappa shape index (κ3) is 3.36. The zero-order chi connectivity index (χ0) is 19.9. The van der Waals surface area contributed by atoms with Crippen molar-refractivity contribution in [3.8, 4) is 10.6 Å². The minimum atomic E-state index is -3.66. The van der Waals surface area contributed by atoms with Gasteiger partial charge in [0.1, 0.15) is 16.2 Å². The van der Waals surface area contributed by atoms with Crippen LogP contribution < -0.4 is 5.32 Å². The molecule has 1 amide bonds. The predicted octanol–water partition coefficient (Wildman–Crippen LogP) is 2.01. The normalized spacial score (nSPS) is 15.0. The topological polar surface area (TPSA) is 121 Å². The van der Waals surface area contributed by atoms with E-state index in [1.165, 1.54) is 10.6 Å². The molecule has 3 aromatic rings. The fourth-order valence-corrected chi connectivity index (χ4v) is 5.91. The van der Waals surface area contributed by atoms with Crippen LogP contribution in [-0.2, 0) is 23.0 Å². The number of nitrogens with zero attached hydrogens (tertiary/aromatic N) is 3. The van der Waals surface area contributed by atoms with Crippen LogP contribution in [0, 0.1) is 0 Å². The maximum atomic E-state index is 13.0. The predicted molar refractivity (Wildman–Crippen MR) is 102 cm³/mol. The number of thiophene rings is 1. The Morgan fingerprint density at radius 1 is 1.36 bits per heavy atom. The van der Waals surface area contributed by atoms with Crippen LogP contribution in [0.1, 0.15) is 35.6 Å². The Labute approximate surface area is 165 Å². The summed E-state index contributed by atoms with van der Waals surface area (Å²) in [6.07, 6.45) is 1.87. The van der Waals surface area contributed by atoms with E-state index in [1.54, 1.807) is 18.2 Å². The first-order valence-electron chi connectivity index (χ1n) is 8.74. The lowest BCUT2D eigenvalue weighted by molar-refractivity contribution is 0.0937. The summed E-state index contributed by atoms with van der Waals surface area (Å²) in [7, 11) is -3.66. The van der Waals surface area contributed by atoms with Crippen molar-refractivity contribution in [3.63, 3.8) is 0 Å². The van der Waals surface area contributed by atoms with E-state index >= 15 is 0 Å². The molecule has 4 rings (SSSR count). The number of hydrogen-bond acceptors (Lipinski definition) is 7. The highest BCUT2D eigenvalue weighted by atomic mass is 32.2. The van der Waals surface area contributed by atoms with Crippen molar-refractivity contribution in [3.05, 3.63) is 41.4 Å². The maximum Gasteiger partial charge on any atom is 0.272 e. The molecule has 0 saturated carbocycles. The zero-order valence-corrected chi connectivity index (χ0v) is 16.9. The Morgan fingerprint density at radius 2 is 2.18 bits per heavy atom. The molecule has 2 N–H and O–H groups in total. The molecule has 0 spiro atoms. The summed E-state index contributed by atoms with van der Waals surface area (Å²) in [6.45, 7) is 4.18. The van der Waals surface area contributed by atoms with E-state index in [0.29, 0.717) is 23.5 Å². The second kappa shape index (κ2) is 7.15. The summed E-state index contributed by atoms with van der Waals surface area (Å²) in [6, 6.07) is 4.98. The van der Waals surface area contributed by atoms with Gasteiger partial charge in [0, 0.05) is 24.2 Å². The first-order chi connectivity index (χ1) is 13.4. The van der Waals surface area contributed by atoms with Gasteiger partial charge >= 0.3 is 0 Å². The van der Waals surface area contributed by atoms with E-state index in [9.17, 15) is 13.2 Å². The van der Waals surface area contributed by atoms with Crippen LogP contribution in [0.4, 0.5) is 0 Å². The van der Waals surface area contributed by atoms with Crippen molar-refractivity contribution in [1.29, 1.82) is 0 Å². The van der Waals surface area contributed by atoms with Crippen LogP contribution in [0.15, 0.2) is 33.2 Å². The number of H-pyrrole nitrogens is 1. The van der Waals surface area contributed by atoms with Gasteiger partial charge in [-0.15, -0.1) is 11.3 Å². The molecule has 0 unspecified atom stereocenters. The monoisotopic (exact) mass is 421 g/mol. The van der Waals surface area contributed by atoms with E-state index < -0.39 is 10.0 Å². The molecule has 3 aromatic heterocycles. The number of hydrogen-bond donors (Lipinski definition) is 2. The number of nitrogens with one attached hydrogen (secondary N) is 2. The summed E-state index contributed by atoms with van der Waals surface area (Å²) < 4.78 is 32.5. The Morgan fingerprint density at radius 3 is 2.89 bits per heavy atom. The van der Waals surface area contributed by atoms with Crippen LogP contribution in [0.5, 0.6) is 0 Å². The van der Waals surface area contributed by atoms with E-state index in [4.69, 9.17) is 4.52 Å². The molecular weight excluding hydrogens is 402 g/mol. The number of fused-ring (bicyclic) bond motifs is 1. The lowest BCUT2D eigenvalue weighted by Crippen LogP contribution is -2.36. The molecule has 0 aromatic carbocycles. The summed E-state index contributed by atoms with van der Waals surface area (Å²) >= 11 is 1.15. The Hall–Kier alpha value is -2.50. The first kappa shape index (κ1) is 18.8. The third-order valence-corrected chi connectivity index (χ3v) is 7.82. The van der Waals surface area contributed by atoms with Gasteiger partial charge in [-0.2, -0.15) is 9.40 Å². The fourth-order valence-electron chi connectivity index (χ4n) is 3.08. The zero-order valence-electron chi connectivity index (χ0n) is 15.3. The standard InChI is InChI=1S/C17H19N5O4S2/c1-10(2)18-17(23)16-11-5-7-22(9-13(11)19-20-16)28(24,25)15-4-3-14(27-15)12-6-8-26-21-12/h3-4,6,8,10H,5,7,9H2,1-2H3,(H,18,23)(H,19,20). The molecule has 0 atom stereocenters. The fraction of sp³-hybridized carbons (Fsp3) is 0.353. The van der Waals surface area contributed by atoms with Gasteiger partial charge in [-0.25, -0.2) is 8.42 Å². The largest absolute Gasteiger partial charge is 0.364 e. The Balaban J connectivity index is 1.56. The van der Waals surface area contributed by atoms with Gasteiger partial charge in [0.05, 0.1) is 17.1 Å². The van der Waals surface area contributed by atoms with Crippen LogP contribution in [-0.4, -0.2) is 46.6 Å². The quantitative estimate of drug-likeness (QED) is 0.650. The van der Waals surface area contributed by atoms with Gasteiger partial charge in [-0.05, 0) is 32.4 Å².